The highest BCUT2D eigenvalue weighted by atomic mass is 35.5. The summed E-state index contributed by atoms with van der Waals surface area (Å²) in [5.74, 6) is 0.354. The van der Waals surface area contributed by atoms with Crippen molar-refractivity contribution in [1.82, 2.24) is 0 Å². The third-order valence-corrected chi connectivity index (χ3v) is 4.53. The Hall–Kier alpha value is -2.24. The standard InChI is InChI=1S/C19H21ClN2O3/c1-13-5-3-6-14(18(13)24-2)19(23)21-16-8-4-7-15(20)17(16)22-9-11-25-12-10-22/h3-8H,9-12H2,1-2H3,(H,21,23). The highest BCUT2D eigenvalue weighted by Gasteiger charge is 2.21. The summed E-state index contributed by atoms with van der Waals surface area (Å²) in [4.78, 5) is 14.9. The molecule has 1 N–H and O–H groups in total. The first-order chi connectivity index (χ1) is 12.1. The highest BCUT2D eigenvalue weighted by molar-refractivity contribution is 6.34. The van der Waals surface area contributed by atoms with E-state index in [-0.39, 0.29) is 5.91 Å². The Kier molecular flexibility index (Phi) is 5.46. The Bertz CT molecular complexity index is 773. The van der Waals surface area contributed by atoms with Crippen LogP contribution in [0.2, 0.25) is 5.02 Å². The second kappa shape index (κ2) is 7.76. The van der Waals surface area contributed by atoms with Gasteiger partial charge in [0.2, 0.25) is 0 Å². The molecule has 2 aromatic rings. The molecule has 1 fully saturated rings. The summed E-state index contributed by atoms with van der Waals surface area (Å²) >= 11 is 6.42. The average Bonchev–Trinajstić information content (AvgIpc) is 2.62. The van der Waals surface area contributed by atoms with Crippen molar-refractivity contribution >= 4 is 28.9 Å². The number of para-hydroxylation sites is 2. The van der Waals surface area contributed by atoms with Crippen LogP contribution in [0.15, 0.2) is 36.4 Å². The van der Waals surface area contributed by atoms with Crippen molar-refractivity contribution < 1.29 is 14.3 Å². The van der Waals surface area contributed by atoms with Crippen molar-refractivity contribution in [3.63, 3.8) is 0 Å². The molecule has 132 valence electrons. The number of aryl methyl sites for hydroxylation is 1. The number of nitrogens with one attached hydrogen (secondary N) is 1. The third-order valence-electron chi connectivity index (χ3n) is 4.22. The molecular formula is C19H21ClN2O3. The van der Waals surface area contributed by atoms with Gasteiger partial charge in [0, 0.05) is 13.1 Å². The molecule has 3 rings (SSSR count). The van der Waals surface area contributed by atoms with Crippen LogP contribution in [0.1, 0.15) is 15.9 Å². The van der Waals surface area contributed by atoms with E-state index >= 15 is 0 Å². The topological polar surface area (TPSA) is 50.8 Å². The van der Waals surface area contributed by atoms with Crippen LogP contribution in [-0.4, -0.2) is 39.3 Å². The van der Waals surface area contributed by atoms with Crippen LogP contribution in [-0.2, 0) is 4.74 Å². The molecule has 0 atom stereocenters. The van der Waals surface area contributed by atoms with E-state index in [1.54, 1.807) is 13.2 Å². The first-order valence-electron chi connectivity index (χ1n) is 8.18. The zero-order valence-electron chi connectivity index (χ0n) is 14.3. The van der Waals surface area contributed by atoms with Gasteiger partial charge in [-0.3, -0.25) is 4.79 Å². The summed E-state index contributed by atoms with van der Waals surface area (Å²) in [6.07, 6.45) is 0. The normalized spacial score (nSPS) is 14.3. The van der Waals surface area contributed by atoms with Crippen molar-refractivity contribution in [2.75, 3.05) is 43.6 Å². The van der Waals surface area contributed by atoms with Crippen molar-refractivity contribution in [2.24, 2.45) is 0 Å². The number of hydrogen-bond donors (Lipinski definition) is 1. The lowest BCUT2D eigenvalue weighted by atomic mass is 10.1. The summed E-state index contributed by atoms with van der Waals surface area (Å²) in [7, 11) is 1.57. The third kappa shape index (κ3) is 3.72. The van der Waals surface area contributed by atoms with Crippen LogP contribution in [0.4, 0.5) is 11.4 Å². The van der Waals surface area contributed by atoms with Crippen LogP contribution in [0, 0.1) is 6.92 Å². The van der Waals surface area contributed by atoms with Gasteiger partial charge in [-0.05, 0) is 30.7 Å². The molecular weight excluding hydrogens is 340 g/mol. The molecule has 0 bridgehead atoms. The quantitative estimate of drug-likeness (QED) is 0.902. The number of rotatable bonds is 4. The minimum atomic E-state index is -0.225. The van der Waals surface area contributed by atoms with Crippen molar-refractivity contribution in [3.05, 3.63) is 52.5 Å². The predicted octanol–water partition coefficient (Wildman–Crippen LogP) is 3.75. The lowest BCUT2D eigenvalue weighted by Crippen LogP contribution is -2.37. The SMILES string of the molecule is COc1c(C)cccc1C(=O)Nc1cccc(Cl)c1N1CCOCC1. The van der Waals surface area contributed by atoms with Crippen LogP contribution in [0.25, 0.3) is 0 Å². The fourth-order valence-electron chi connectivity index (χ4n) is 3.02. The first-order valence-corrected chi connectivity index (χ1v) is 8.55. The van der Waals surface area contributed by atoms with Gasteiger partial charge < -0.3 is 19.7 Å². The monoisotopic (exact) mass is 360 g/mol. The van der Waals surface area contributed by atoms with Gasteiger partial charge in [0.15, 0.2) is 0 Å². The van der Waals surface area contributed by atoms with Crippen molar-refractivity contribution in [3.8, 4) is 5.75 Å². The van der Waals surface area contributed by atoms with Gasteiger partial charge in [-0.1, -0.05) is 29.8 Å². The number of carbonyl (C=O) groups is 1. The van der Waals surface area contributed by atoms with E-state index in [0.29, 0.717) is 35.2 Å². The van der Waals surface area contributed by atoms with E-state index in [0.717, 1.165) is 24.3 Å². The molecule has 1 aliphatic rings. The molecule has 1 aliphatic heterocycles. The van der Waals surface area contributed by atoms with E-state index in [4.69, 9.17) is 21.1 Å². The molecule has 0 aromatic heterocycles. The van der Waals surface area contributed by atoms with E-state index < -0.39 is 0 Å². The second-order valence-corrected chi connectivity index (χ2v) is 6.25. The number of ether oxygens (including phenoxy) is 2. The molecule has 1 amide bonds. The van der Waals surface area contributed by atoms with Gasteiger partial charge in [-0.15, -0.1) is 0 Å². The summed E-state index contributed by atoms with van der Waals surface area (Å²) in [5.41, 5.74) is 2.92. The number of benzene rings is 2. The molecule has 2 aromatic carbocycles. The largest absolute Gasteiger partial charge is 0.496 e. The van der Waals surface area contributed by atoms with Gasteiger partial charge in [-0.2, -0.15) is 0 Å². The van der Waals surface area contributed by atoms with Gasteiger partial charge >= 0.3 is 0 Å². The lowest BCUT2D eigenvalue weighted by Gasteiger charge is -2.31. The second-order valence-electron chi connectivity index (χ2n) is 5.85. The van der Waals surface area contributed by atoms with Crippen LogP contribution < -0.4 is 15.0 Å². The lowest BCUT2D eigenvalue weighted by molar-refractivity contribution is 0.102. The smallest absolute Gasteiger partial charge is 0.259 e. The highest BCUT2D eigenvalue weighted by Crippen LogP contribution is 2.35. The molecule has 1 heterocycles. The Balaban J connectivity index is 1.92. The van der Waals surface area contributed by atoms with E-state index in [1.165, 1.54) is 0 Å². The molecule has 5 nitrogen and oxygen atoms in total. The first kappa shape index (κ1) is 17.6. The Morgan fingerprint density at radius 2 is 1.92 bits per heavy atom. The molecule has 1 saturated heterocycles. The van der Waals surface area contributed by atoms with Crippen molar-refractivity contribution in [1.29, 1.82) is 0 Å². The molecule has 0 radical (unpaired) electrons. The number of methoxy groups -OCH3 is 1. The zero-order chi connectivity index (χ0) is 17.8. The summed E-state index contributed by atoms with van der Waals surface area (Å²) in [6, 6.07) is 11.0. The number of hydrogen-bond acceptors (Lipinski definition) is 4. The fraction of sp³-hybridized carbons (Fsp3) is 0.316. The zero-order valence-corrected chi connectivity index (χ0v) is 15.1. The van der Waals surface area contributed by atoms with Crippen LogP contribution >= 0.6 is 11.6 Å². The van der Waals surface area contributed by atoms with Gasteiger partial charge in [0.1, 0.15) is 5.75 Å². The van der Waals surface area contributed by atoms with Gasteiger partial charge in [0.25, 0.3) is 5.91 Å². The summed E-state index contributed by atoms with van der Waals surface area (Å²) in [6.45, 7) is 4.67. The number of carbonyl (C=O) groups excluding carboxylic acids is 1. The maximum atomic E-state index is 12.8. The van der Waals surface area contributed by atoms with Crippen LogP contribution in [0.3, 0.4) is 0 Å². The molecule has 0 saturated carbocycles. The van der Waals surface area contributed by atoms with Crippen LogP contribution in [0.5, 0.6) is 5.75 Å². The van der Waals surface area contributed by atoms with Crippen molar-refractivity contribution in [2.45, 2.75) is 6.92 Å². The van der Waals surface area contributed by atoms with Gasteiger partial charge in [0.05, 0.1) is 42.3 Å². The maximum Gasteiger partial charge on any atom is 0.259 e. The van der Waals surface area contributed by atoms with E-state index in [1.807, 2.05) is 37.3 Å². The van der Waals surface area contributed by atoms with Gasteiger partial charge in [-0.25, -0.2) is 0 Å². The minimum absolute atomic E-state index is 0.225. The fourth-order valence-corrected chi connectivity index (χ4v) is 3.31. The maximum absolute atomic E-state index is 12.8. The predicted molar refractivity (Wildman–Crippen MR) is 100 cm³/mol. The number of morpholine rings is 1. The Labute approximate surface area is 152 Å². The Morgan fingerprint density at radius 3 is 2.64 bits per heavy atom. The number of amides is 1. The summed E-state index contributed by atoms with van der Waals surface area (Å²) < 4.78 is 10.8. The van der Waals surface area contributed by atoms with E-state index in [9.17, 15) is 4.79 Å². The number of anilines is 2. The average molecular weight is 361 g/mol. The molecule has 0 spiro atoms. The molecule has 25 heavy (non-hydrogen) atoms. The summed E-state index contributed by atoms with van der Waals surface area (Å²) in [5, 5.41) is 3.59. The van der Waals surface area contributed by atoms with E-state index in [2.05, 4.69) is 10.2 Å². The molecule has 0 unspecified atom stereocenters. The molecule has 0 aliphatic carbocycles. The number of halogens is 1. The molecule has 6 heteroatoms. The Morgan fingerprint density at radius 1 is 1.20 bits per heavy atom. The number of nitrogens with zero attached hydrogens (tertiary/aromatic N) is 1. The minimum Gasteiger partial charge on any atom is -0.496 e.